The molecule has 18 heavy (non-hydrogen) atoms. The third-order valence-electron chi connectivity index (χ3n) is 2.62. The number of ether oxygens (including phenoxy) is 1. The van der Waals surface area contributed by atoms with Crippen LogP contribution < -0.4 is 0 Å². The number of methoxy groups -OCH3 is 1. The minimum absolute atomic E-state index is 0.239. The zero-order chi connectivity index (χ0) is 13.8. The Morgan fingerprint density at radius 1 is 1.28 bits per heavy atom. The molecule has 0 amide bonds. The monoisotopic (exact) mass is 260 g/mol. The Morgan fingerprint density at radius 2 is 1.83 bits per heavy atom. The SMILES string of the molecule is CCCC(OC)C(=O)c1ccc(C(F)(F)F)cc1. The van der Waals surface area contributed by atoms with Gasteiger partial charge < -0.3 is 4.74 Å². The minimum Gasteiger partial charge on any atom is -0.373 e. The van der Waals surface area contributed by atoms with E-state index in [0.29, 0.717) is 6.42 Å². The summed E-state index contributed by atoms with van der Waals surface area (Å²) in [5.41, 5.74) is -0.521. The Balaban J connectivity index is 2.88. The normalized spacial score (nSPS) is 13.4. The van der Waals surface area contributed by atoms with E-state index >= 15 is 0 Å². The van der Waals surface area contributed by atoms with E-state index < -0.39 is 17.8 Å². The zero-order valence-corrected chi connectivity index (χ0v) is 10.3. The first-order valence-corrected chi connectivity index (χ1v) is 5.64. The van der Waals surface area contributed by atoms with Gasteiger partial charge in [-0.2, -0.15) is 13.2 Å². The van der Waals surface area contributed by atoms with Crippen molar-refractivity contribution in [3.63, 3.8) is 0 Å². The Hall–Kier alpha value is -1.36. The van der Waals surface area contributed by atoms with Gasteiger partial charge in [0.25, 0.3) is 0 Å². The van der Waals surface area contributed by atoms with Gasteiger partial charge >= 0.3 is 6.18 Å². The summed E-state index contributed by atoms with van der Waals surface area (Å²) in [6.07, 6.45) is -3.65. The van der Waals surface area contributed by atoms with Crippen LogP contribution in [0.1, 0.15) is 35.7 Å². The summed E-state index contributed by atoms with van der Waals surface area (Å²) in [6.45, 7) is 1.91. The third kappa shape index (κ3) is 3.57. The number of Topliss-reactive ketones (excluding diaryl/α,β-unsaturated/α-hetero) is 1. The molecule has 0 heterocycles. The number of alkyl halides is 3. The summed E-state index contributed by atoms with van der Waals surface area (Å²) in [4.78, 5) is 11.9. The van der Waals surface area contributed by atoms with Crippen LogP contribution in [0, 0.1) is 0 Å². The minimum atomic E-state index is -4.38. The van der Waals surface area contributed by atoms with E-state index in [2.05, 4.69) is 0 Å². The first-order valence-electron chi connectivity index (χ1n) is 5.64. The van der Waals surface area contributed by atoms with Crippen LogP contribution in [-0.4, -0.2) is 19.0 Å². The lowest BCUT2D eigenvalue weighted by molar-refractivity contribution is -0.137. The Morgan fingerprint density at radius 3 is 2.22 bits per heavy atom. The van der Waals surface area contributed by atoms with Crippen molar-refractivity contribution in [3.8, 4) is 0 Å². The number of halogens is 3. The molecule has 0 saturated carbocycles. The van der Waals surface area contributed by atoms with Crippen LogP contribution in [0.5, 0.6) is 0 Å². The molecule has 0 spiro atoms. The van der Waals surface area contributed by atoms with Crippen LogP contribution in [0.4, 0.5) is 13.2 Å². The van der Waals surface area contributed by atoms with Gasteiger partial charge in [0.1, 0.15) is 6.10 Å². The molecule has 0 aliphatic rings. The fourth-order valence-electron chi connectivity index (χ4n) is 1.63. The highest BCUT2D eigenvalue weighted by molar-refractivity contribution is 5.99. The predicted octanol–water partition coefficient (Wildman–Crippen LogP) is 3.70. The molecule has 0 aromatic heterocycles. The van der Waals surface area contributed by atoms with Gasteiger partial charge in [0, 0.05) is 12.7 Å². The summed E-state index contributed by atoms with van der Waals surface area (Å²) in [7, 11) is 1.42. The van der Waals surface area contributed by atoms with Crippen molar-refractivity contribution in [1.82, 2.24) is 0 Å². The molecule has 100 valence electrons. The number of carbonyl (C=O) groups is 1. The fourth-order valence-corrected chi connectivity index (χ4v) is 1.63. The molecular formula is C13H15F3O2. The number of ketones is 1. The van der Waals surface area contributed by atoms with Crippen molar-refractivity contribution in [2.45, 2.75) is 32.0 Å². The van der Waals surface area contributed by atoms with Crippen LogP contribution in [-0.2, 0) is 10.9 Å². The fraction of sp³-hybridized carbons (Fsp3) is 0.462. The van der Waals surface area contributed by atoms with E-state index in [4.69, 9.17) is 4.74 Å². The average molecular weight is 260 g/mol. The summed E-state index contributed by atoms with van der Waals surface area (Å²) in [5, 5.41) is 0. The molecule has 0 fully saturated rings. The number of carbonyl (C=O) groups excluding carboxylic acids is 1. The second kappa shape index (κ2) is 6.00. The lowest BCUT2D eigenvalue weighted by Gasteiger charge is -2.13. The molecule has 0 bridgehead atoms. The number of rotatable bonds is 5. The van der Waals surface area contributed by atoms with E-state index in [-0.39, 0.29) is 11.3 Å². The van der Waals surface area contributed by atoms with Gasteiger partial charge in [0.05, 0.1) is 5.56 Å². The highest BCUT2D eigenvalue weighted by Gasteiger charge is 2.30. The van der Waals surface area contributed by atoms with E-state index in [1.54, 1.807) is 0 Å². The largest absolute Gasteiger partial charge is 0.416 e. The first-order chi connectivity index (χ1) is 8.40. The summed E-state index contributed by atoms with van der Waals surface area (Å²) in [6, 6.07) is 4.19. The van der Waals surface area contributed by atoms with Gasteiger partial charge in [-0.3, -0.25) is 4.79 Å². The summed E-state index contributed by atoms with van der Waals surface area (Å²) in [5.74, 6) is -0.284. The van der Waals surface area contributed by atoms with Crippen LogP contribution in [0.3, 0.4) is 0 Å². The lowest BCUT2D eigenvalue weighted by Crippen LogP contribution is -2.23. The van der Waals surface area contributed by atoms with Crippen molar-refractivity contribution in [2.75, 3.05) is 7.11 Å². The molecule has 1 atom stereocenters. The van der Waals surface area contributed by atoms with Crippen molar-refractivity contribution < 1.29 is 22.7 Å². The highest BCUT2D eigenvalue weighted by atomic mass is 19.4. The Bertz CT molecular complexity index is 396. The van der Waals surface area contributed by atoms with Crippen molar-refractivity contribution in [3.05, 3.63) is 35.4 Å². The van der Waals surface area contributed by atoms with Gasteiger partial charge in [-0.15, -0.1) is 0 Å². The van der Waals surface area contributed by atoms with E-state index in [0.717, 1.165) is 18.6 Å². The third-order valence-corrected chi connectivity index (χ3v) is 2.62. The molecule has 5 heteroatoms. The summed E-state index contributed by atoms with van der Waals surface area (Å²) < 4.78 is 42.1. The molecule has 0 saturated heterocycles. The smallest absolute Gasteiger partial charge is 0.373 e. The van der Waals surface area contributed by atoms with Crippen molar-refractivity contribution >= 4 is 5.78 Å². The maximum atomic E-state index is 12.4. The number of hydrogen-bond donors (Lipinski definition) is 0. The molecule has 1 aromatic rings. The molecule has 0 aliphatic carbocycles. The molecule has 0 N–H and O–H groups in total. The topological polar surface area (TPSA) is 26.3 Å². The molecule has 2 nitrogen and oxygen atoms in total. The first kappa shape index (κ1) is 14.7. The number of hydrogen-bond acceptors (Lipinski definition) is 2. The van der Waals surface area contributed by atoms with Crippen LogP contribution >= 0.6 is 0 Å². The second-order valence-corrected chi connectivity index (χ2v) is 3.95. The van der Waals surface area contributed by atoms with E-state index in [9.17, 15) is 18.0 Å². The van der Waals surface area contributed by atoms with Crippen LogP contribution in [0.25, 0.3) is 0 Å². The maximum Gasteiger partial charge on any atom is 0.416 e. The highest BCUT2D eigenvalue weighted by Crippen LogP contribution is 2.29. The zero-order valence-electron chi connectivity index (χ0n) is 10.3. The van der Waals surface area contributed by atoms with Gasteiger partial charge in [0.2, 0.25) is 0 Å². The Kier molecular flexibility index (Phi) is 4.90. The summed E-state index contributed by atoms with van der Waals surface area (Å²) >= 11 is 0. The lowest BCUT2D eigenvalue weighted by atomic mass is 10.0. The average Bonchev–Trinajstić information content (AvgIpc) is 2.34. The predicted molar refractivity (Wildman–Crippen MR) is 61.5 cm³/mol. The van der Waals surface area contributed by atoms with E-state index in [1.807, 2.05) is 6.92 Å². The van der Waals surface area contributed by atoms with Gasteiger partial charge in [-0.05, 0) is 18.6 Å². The molecule has 0 radical (unpaired) electrons. The Labute approximate surface area is 104 Å². The maximum absolute atomic E-state index is 12.4. The van der Waals surface area contributed by atoms with Crippen molar-refractivity contribution in [2.24, 2.45) is 0 Å². The van der Waals surface area contributed by atoms with Crippen molar-refractivity contribution in [1.29, 1.82) is 0 Å². The molecule has 1 unspecified atom stereocenters. The number of benzene rings is 1. The van der Waals surface area contributed by atoms with E-state index in [1.165, 1.54) is 19.2 Å². The van der Waals surface area contributed by atoms with Crippen LogP contribution in [0.2, 0.25) is 0 Å². The van der Waals surface area contributed by atoms with Crippen LogP contribution in [0.15, 0.2) is 24.3 Å². The quantitative estimate of drug-likeness (QED) is 0.754. The van der Waals surface area contributed by atoms with Gasteiger partial charge in [-0.25, -0.2) is 0 Å². The van der Waals surface area contributed by atoms with Gasteiger partial charge in [0.15, 0.2) is 5.78 Å². The van der Waals surface area contributed by atoms with Gasteiger partial charge in [-0.1, -0.05) is 25.5 Å². The molecular weight excluding hydrogens is 245 g/mol. The second-order valence-electron chi connectivity index (χ2n) is 3.95. The molecule has 1 aromatic carbocycles. The molecule has 0 aliphatic heterocycles. The molecule has 1 rings (SSSR count). The standard InChI is InChI=1S/C13H15F3O2/c1-3-4-11(18-2)12(17)9-5-7-10(8-6-9)13(14,15)16/h5-8,11H,3-4H2,1-2H3.